The van der Waals surface area contributed by atoms with E-state index in [1.165, 1.54) is 5.56 Å². The minimum atomic E-state index is -0.00699. The van der Waals surface area contributed by atoms with E-state index in [2.05, 4.69) is 0 Å². The highest BCUT2D eigenvalue weighted by molar-refractivity contribution is 5.91. The molecule has 0 saturated carbocycles. The number of amides is 1. The van der Waals surface area contributed by atoms with Gasteiger partial charge in [-0.25, -0.2) is 0 Å². The Morgan fingerprint density at radius 3 is 2.83 bits per heavy atom. The third-order valence-electron chi connectivity index (χ3n) is 2.74. The number of nitrogens with zero attached hydrogens (tertiary/aromatic N) is 1. The molecule has 0 fully saturated rings. The lowest BCUT2D eigenvalue weighted by atomic mass is 10.1. The Balaban J connectivity index is 2.62. The quantitative estimate of drug-likeness (QED) is 0.783. The summed E-state index contributed by atoms with van der Waals surface area (Å²) in [7, 11) is 0. The summed E-state index contributed by atoms with van der Waals surface area (Å²) >= 11 is 0. The first-order chi connectivity index (χ1) is 8.67. The maximum absolute atomic E-state index is 11.9. The van der Waals surface area contributed by atoms with Gasteiger partial charge in [0, 0.05) is 25.8 Å². The molecule has 0 spiro atoms. The minimum absolute atomic E-state index is 0.00699. The Morgan fingerprint density at radius 1 is 1.44 bits per heavy atom. The summed E-state index contributed by atoms with van der Waals surface area (Å²) in [6, 6.07) is 8.01. The van der Waals surface area contributed by atoms with Crippen LogP contribution in [0.3, 0.4) is 0 Å². The zero-order chi connectivity index (χ0) is 13.4. The molecule has 0 atom stereocenters. The zero-order valence-electron chi connectivity index (χ0n) is 11.1. The van der Waals surface area contributed by atoms with E-state index >= 15 is 0 Å². The second kappa shape index (κ2) is 7.67. The van der Waals surface area contributed by atoms with E-state index in [9.17, 15) is 4.79 Å². The summed E-state index contributed by atoms with van der Waals surface area (Å²) < 4.78 is 0. The van der Waals surface area contributed by atoms with E-state index in [1.807, 2.05) is 44.2 Å². The van der Waals surface area contributed by atoms with E-state index in [-0.39, 0.29) is 12.5 Å². The van der Waals surface area contributed by atoms with Crippen molar-refractivity contribution in [3.05, 3.63) is 41.5 Å². The SMILES string of the molecule is CCN(CCCO)C(=O)/C=C/c1cccc(C)c1. The van der Waals surface area contributed by atoms with Gasteiger partial charge in [0.1, 0.15) is 0 Å². The normalized spacial score (nSPS) is 10.8. The molecule has 3 nitrogen and oxygen atoms in total. The van der Waals surface area contributed by atoms with Crippen molar-refractivity contribution in [2.24, 2.45) is 0 Å². The fourth-order valence-electron chi connectivity index (χ4n) is 1.73. The second-order valence-corrected chi connectivity index (χ2v) is 4.24. The molecule has 0 aromatic heterocycles. The van der Waals surface area contributed by atoms with Crippen molar-refractivity contribution in [2.75, 3.05) is 19.7 Å². The number of likely N-dealkylation sites (N-methyl/N-ethyl adjacent to an activating group) is 1. The Labute approximate surface area is 109 Å². The molecule has 1 amide bonds. The lowest BCUT2D eigenvalue weighted by molar-refractivity contribution is -0.125. The number of aliphatic hydroxyl groups excluding tert-OH is 1. The fourth-order valence-corrected chi connectivity index (χ4v) is 1.73. The van der Waals surface area contributed by atoms with Crippen LogP contribution in [0, 0.1) is 6.92 Å². The number of carbonyl (C=O) groups excluding carboxylic acids is 1. The first-order valence-corrected chi connectivity index (χ1v) is 6.32. The van der Waals surface area contributed by atoms with Crippen LogP contribution in [0.15, 0.2) is 30.3 Å². The Bertz CT molecular complexity index is 413. The minimum Gasteiger partial charge on any atom is -0.396 e. The van der Waals surface area contributed by atoms with Crippen LogP contribution < -0.4 is 0 Å². The van der Waals surface area contributed by atoms with Gasteiger partial charge in [0.25, 0.3) is 0 Å². The summed E-state index contributed by atoms with van der Waals surface area (Å²) in [5.41, 5.74) is 2.21. The van der Waals surface area contributed by atoms with E-state index < -0.39 is 0 Å². The molecule has 0 unspecified atom stereocenters. The molecule has 0 aliphatic carbocycles. The molecular formula is C15H21NO2. The van der Waals surface area contributed by atoms with Crippen LogP contribution in [0.4, 0.5) is 0 Å². The van der Waals surface area contributed by atoms with Crippen molar-refractivity contribution in [3.8, 4) is 0 Å². The van der Waals surface area contributed by atoms with E-state index in [0.29, 0.717) is 19.5 Å². The monoisotopic (exact) mass is 247 g/mol. The molecule has 1 aromatic carbocycles. The van der Waals surface area contributed by atoms with Gasteiger partial charge in [-0.15, -0.1) is 0 Å². The maximum atomic E-state index is 11.9. The first kappa shape index (κ1) is 14.5. The highest BCUT2D eigenvalue weighted by Gasteiger charge is 2.06. The van der Waals surface area contributed by atoms with E-state index in [4.69, 9.17) is 5.11 Å². The largest absolute Gasteiger partial charge is 0.396 e. The molecule has 18 heavy (non-hydrogen) atoms. The van der Waals surface area contributed by atoms with E-state index in [1.54, 1.807) is 11.0 Å². The van der Waals surface area contributed by atoms with Gasteiger partial charge >= 0.3 is 0 Å². The lowest BCUT2D eigenvalue weighted by Crippen LogP contribution is -2.30. The van der Waals surface area contributed by atoms with Gasteiger partial charge in [0.2, 0.25) is 5.91 Å². The number of carbonyl (C=O) groups is 1. The molecule has 0 saturated heterocycles. The lowest BCUT2D eigenvalue weighted by Gasteiger charge is -2.18. The number of rotatable bonds is 6. The number of aliphatic hydroxyl groups is 1. The standard InChI is InChI=1S/C15H21NO2/c1-3-16(10-5-11-17)15(18)9-8-14-7-4-6-13(2)12-14/h4,6-9,12,17H,3,5,10-11H2,1-2H3/b9-8+. The average Bonchev–Trinajstić information content (AvgIpc) is 2.37. The predicted octanol–water partition coefficient (Wildman–Crippen LogP) is 2.24. The van der Waals surface area contributed by atoms with Crippen molar-refractivity contribution in [1.82, 2.24) is 4.90 Å². The third kappa shape index (κ3) is 4.72. The fraction of sp³-hybridized carbons (Fsp3) is 0.400. The van der Waals surface area contributed by atoms with Gasteiger partial charge in [0.15, 0.2) is 0 Å². The van der Waals surface area contributed by atoms with Crippen molar-refractivity contribution in [1.29, 1.82) is 0 Å². The maximum Gasteiger partial charge on any atom is 0.246 e. The van der Waals surface area contributed by atoms with Crippen LogP contribution in [-0.2, 0) is 4.79 Å². The zero-order valence-corrected chi connectivity index (χ0v) is 11.1. The highest BCUT2D eigenvalue weighted by Crippen LogP contribution is 2.06. The van der Waals surface area contributed by atoms with Crippen molar-refractivity contribution >= 4 is 12.0 Å². The number of hydrogen-bond donors (Lipinski definition) is 1. The number of benzene rings is 1. The summed E-state index contributed by atoms with van der Waals surface area (Å²) in [5, 5.41) is 8.77. The van der Waals surface area contributed by atoms with Crippen molar-refractivity contribution in [2.45, 2.75) is 20.3 Å². The molecule has 98 valence electrons. The molecule has 0 aliphatic rings. The molecule has 3 heteroatoms. The summed E-state index contributed by atoms with van der Waals surface area (Å²) in [4.78, 5) is 13.6. The Morgan fingerprint density at radius 2 is 2.22 bits per heavy atom. The molecule has 0 aliphatic heterocycles. The molecular weight excluding hydrogens is 226 g/mol. The Hall–Kier alpha value is -1.61. The Kier molecular flexibility index (Phi) is 6.15. The van der Waals surface area contributed by atoms with Crippen LogP contribution in [-0.4, -0.2) is 35.6 Å². The van der Waals surface area contributed by atoms with Crippen LogP contribution in [0.25, 0.3) is 6.08 Å². The number of hydrogen-bond acceptors (Lipinski definition) is 2. The molecule has 0 bridgehead atoms. The van der Waals surface area contributed by atoms with Gasteiger partial charge in [-0.05, 0) is 31.9 Å². The van der Waals surface area contributed by atoms with Gasteiger partial charge < -0.3 is 10.0 Å². The predicted molar refractivity (Wildman–Crippen MR) is 74.2 cm³/mol. The smallest absolute Gasteiger partial charge is 0.246 e. The summed E-state index contributed by atoms with van der Waals surface area (Å²) in [5.74, 6) is -0.00699. The first-order valence-electron chi connectivity index (χ1n) is 6.32. The molecule has 1 N–H and O–H groups in total. The van der Waals surface area contributed by atoms with Crippen molar-refractivity contribution < 1.29 is 9.90 Å². The second-order valence-electron chi connectivity index (χ2n) is 4.24. The van der Waals surface area contributed by atoms with E-state index in [0.717, 1.165) is 5.56 Å². The summed E-state index contributed by atoms with van der Waals surface area (Å²) in [6.07, 6.45) is 4.05. The van der Waals surface area contributed by atoms with Crippen LogP contribution in [0.2, 0.25) is 0 Å². The average molecular weight is 247 g/mol. The molecule has 1 aromatic rings. The molecule has 1 rings (SSSR count). The summed E-state index contributed by atoms with van der Waals surface area (Å²) in [6.45, 7) is 5.35. The van der Waals surface area contributed by atoms with Gasteiger partial charge in [-0.1, -0.05) is 29.8 Å². The van der Waals surface area contributed by atoms with Gasteiger partial charge in [0.05, 0.1) is 0 Å². The third-order valence-corrected chi connectivity index (χ3v) is 2.74. The molecule has 0 heterocycles. The highest BCUT2D eigenvalue weighted by atomic mass is 16.3. The van der Waals surface area contributed by atoms with Gasteiger partial charge in [-0.2, -0.15) is 0 Å². The number of aryl methyl sites for hydroxylation is 1. The van der Waals surface area contributed by atoms with Gasteiger partial charge in [-0.3, -0.25) is 4.79 Å². The topological polar surface area (TPSA) is 40.5 Å². The van der Waals surface area contributed by atoms with Crippen LogP contribution in [0.1, 0.15) is 24.5 Å². The van der Waals surface area contributed by atoms with Crippen LogP contribution >= 0.6 is 0 Å². The molecule has 0 radical (unpaired) electrons. The van der Waals surface area contributed by atoms with Crippen molar-refractivity contribution in [3.63, 3.8) is 0 Å². The van der Waals surface area contributed by atoms with Crippen LogP contribution in [0.5, 0.6) is 0 Å².